The molecule has 1 N–H and O–H groups in total. The normalized spacial score (nSPS) is 24.2. The molecular weight excluding hydrogens is 240 g/mol. The first-order chi connectivity index (χ1) is 9.22. The predicted molar refractivity (Wildman–Crippen MR) is 74.6 cm³/mol. The first kappa shape index (κ1) is 14.4. The zero-order valence-corrected chi connectivity index (χ0v) is 12.0. The fourth-order valence-electron chi connectivity index (χ4n) is 3.21. The van der Waals surface area contributed by atoms with E-state index in [1.165, 1.54) is 12.8 Å². The monoisotopic (exact) mass is 266 g/mol. The maximum atomic E-state index is 12.0. The number of carbonyl (C=O) groups is 2. The first-order valence-electron chi connectivity index (χ1n) is 7.79. The van der Waals surface area contributed by atoms with Crippen molar-refractivity contribution in [1.82, 2.24) is 10.2 Å². The molecule has 1 saturated carbocycles. The molecule has 0 bridgehead atoms. The fourth-order valence-corrected chi connectivity index (χ4v) is 3.21. The van der Waals surface area contributed by atoms with Gasteiger partial charge in [0.15, 0.2) is 0 Å². The van der Waals surface area contributed by atoms with Crippen LogP contribution in [0.15, 0.2) is 0 Å². The molecule has 0 radical (unpaired) electrons. The number of unbranched alkanes of at least 4 members (excludes halogenated alkanes) is 2. The van der Waals surface area contributed by atoms with Crippen LogP contribution in [0.5, 0.6) is 0 Å². The number of hydrogen-bond donors (Lipinski definition) is 1. The minimum atomic E-state index is -0.116. The molecule has 1 aliphatic heterocycles. The summed E-state index contributed by atoms with van der Waals surface area (Å²) in [5.41, 5.74) is 0. The van der Waals surface area contributed by atoms with Crippen LogP contribution in [-0.2, 0) is 9.59 Å². The Morgan fingerprint density at radius 3 is 2.74 bits per heavy atom. The van der Waals surface area contributed by atoms with Gasteiger partial charge in [-0.2, -0.15) is 0 Å². The molecule has 0 aromatic rings. The van der Waals surface area contributed by atoms with Crippen molar-refractivity contribution in [2.45, 2.75) is 64.3 Å². The molecule has 2 aliphatic rings. The number of nitrogens with one attached hydrogen (secondary N) is 1. The van der Waals surface area contributed by atoms with Gasteiger partial charge in [-0.15, -0.1) is 0 Å². The van der Waals surface area contributed by atoms with Gasteiger partial charge in [0.1, 0.15) is 0 Å². The van der Waals surface area contributed by atoms with Crippen LogP contribution < -0.4 is 5.32 Å². The second kappa shape index (κ2) is 6.92. The van der Waals surface area contributed by atoms with E-state index in [1.54, 1.807) is 0 Å². The Morgan fingerprint density at radius 1 is 1.32 bits per heavy atom. The lowest BCUT2D eigenvalue weighted by Crippen LogP contribution is -2.37. The quantitative estimate of drug-likeness (QED) is 0.748. The van der Waals surface area contributed by atoms with E-state index >= 15 is 0 Å². The smallest absolute Gasteiger partial charge is 0.225 e. The van der Waals surface area contributed by atoms with Gasteiger partial charge in [-0.1, -0.05) is 32.6 Å². The molecule has 0 spiro atoms. The van der Waals surface area contributed by atoms with E-state index in [-0.39, 0.29) is 17.7 Å². The van der Waals surface area contributed by atoms with E-state index in [1.807, 2.05) is 4.90 Å². The molecule has 4 nitrogen and oxygen atoms in total. The van der Waals surface area contributed by atoms with Crippen molar-refractivity contribution < 1.29 is 9.59 Å². The summed E-state index contributed by atoms with van der Waals surface area (Å²) in [5.74, 6) is 0.139. The second-order valence-electron chi connectivity index (χ2n) is 5.88. The van der Waals surface area contributed by atoms with E-state index in [0.717, 1.165) is 38.6 Å². The van der Waals surface area contributed by atoms with Crippen molar-refractivity contribution in [2.24, 2.45) is 5.92 Å². The van der Waals surface area contributed by atoms with Gasteiger partial charge in [0, 0.05) is 25.6 Å². The van der Waals surface area contributed by atoms with Crippen molar-refractivity contribution in [3.63, 3.8) is 0 Å². The van der Waals surface area contributed by atoms with Crippen molar-refractivity contribution in [1.29, 1.82) is 0 Å². The molecule has 0 aromatic carbocycles. The van der Waals surface area contributed by atoms with Crippen LogP contribution in [0.25, 0.3) is 0 Å². The maximum absolute atomic E-state index is 12.0. The number of amides is 2. The van der Waals surface area contributed by atoms with Gasteiger partial charge in [-0.3, -0.25) is 9.59 Å². The molecule has 2 fully saturated rings. The summed E-state index contributed by atoms with van der Waals surface area (Å²) >= 11 is 0. The number of hydrogen-bond acceptors (Lipinski definition) is 2. The van der Waals surface area contributed by atoms with Crippen molar-refractivity contribution >= 4 is 11.8 Å². The van der Waals surface area contributed by atoms with Crippen molar-refractivity contribution in [2.75, 3.05) is 13.1 Å². The maximum Gasteiger partial charge on any atom is 0.225 e. The van der Waals surface area contributed by atoms with Crippen molar-refractivity contribution in [3.8, 4) is 0 Å². The summed E-state index contributed by atoms with van der Waals surface area (Å²) in [5, 5.41) is 2.97. The predicted octanol–water partition coefficient (Wildman–Crippen LogP) is 2.08. The topological polar surface area (TPSA) is 49.4 Å². The highest BCUT2D eigenvalue weighted by Crippen LogP contribution is 2.29. The summed E-state index contributed by atoms with van der Waals surface area (Å²) in [6.45, 7) is 3.54. The largest absolute Gasteiger partial charge is 0.356 e. The summed E-state index contributed by atoms with van der Waals surface area (Å²) < 4.78 is 0. The average molecular weight is 266 g/mol. The number of likely N-dealkylation sites (tertiary alicyclic amines) is 1. The lowest BCUT2D eigenvalue weighted by Gasteiger charge is -2.23. The van der Waals surface area contributed by atoms with Crippen LogP contribution in [0, 0.1) is 5.92 Å². The minimum Gasteiger partial charge on any atom is -0.356 e. The Bertz CT molecular complexity index is 324. The lowest BCUT2D eigenvalue weighted by atomic mass is 10.1. The minimum absolute atomic E-state index is 0.0740. The SMILES string of the molecule is CCCCCNC(=O)[C@H]1CC(=O)N(C2CCCC2)C1. The summed E-state index contributed by atoms with van der Waals surface area (Å²) in [7, 11) is 0. The van der Waals surface area contributed by atoms with Crippen LogP contribution in [0.2, 0.25) is 0 Å². The van der Waals surface area contributed by atoms with E-state index in [4.69, 9.17) is 0 Å². The number of carbonyl (C=O) groups excluding carboxylic acids is 2. The Kier molecular flexibility index (Phi) is 5.23. The average Bonchev–Trinajstić information content (AvgIpc) is 3.03. The highest BCUT2D eigenvalue weighted by molar-refractivity contribution is 5.89. The Labute approximate surface area is 115 Å². The number of nitrogens with zero attached hydrogens (tertiary/aromatic N) is 1. The third kappa shape index (κ3) is 3.71. The Morgan fingerprint density at radius 2 is 2.05 bits per heavy atom. The molecule has 108 valence electrons. The van der Waals surface area contributed by atoms with Gasteiger partial charge >= 0.3 is 0 Å². The van der Waals surface area contributed by atoms with Crippen LogP contribution in [0.3, 0.4) is 0 Å². The van der Waals surface area contributed by atoms with Gasteiger partial charge < -0.3 is 10.2 Å². The van der Waals surface area contributed by atoms with E-state index in [9.17, 15) is 9.59 Å². The number of rotatable bonds is 6. The first-order valence-corrected chi connectivity index (χ1v) is 7.79. The van der Waals surface area contributed by atoms with E-state index in [2.05, 4.69) is 12.2 Å². The van der Waals surface area contributed by atoms with Crippen molar-refractivity contribution in [3.05, 3.63) is 0 Å². The van der Waals surface area contributed by atoms with Gasteiger partial charge in [0.25, 0.3) is 0 Å². The van der Waals surface area contributed by atoms with Gasteiger partial charge in [0.05, 0.1) is 5.92 Å². The summed E-state index contributed by atoms with van der Waals surface area (Å²) in [4.78, 5) is 26.0. The second-order valence-corrected chi connectivity index (χ2v) is 5.88. The zero-order chi connectivity index (χ0) is 13.7. The van der Waals surface area contributed by atoms with Gasteiger partial charge in [-0.25, -0.2) is 0 Å². The molecule has 1 aliphatic carbocycles. The molecule has 0 unspecified atom stereocenters. The summed E-state index contributed by atoms with van der Waals surface area (Å²) in [6.07, 6.45) is 8.45. The molecule has 4 heteroatoms. The molecule has 2 rings (SSSR count). The summed E-state index contributed by atoms with van der Waals surface area (Å²) in [6, 6.07) is 0.408. The highest BCUT2D eigenvalue weighted by Gasteiger charge is 2.38. The van der Waals surface area contributed by atoms with Crippen LogP contribution in [0.4, 0.5) is 0 Å². The van der Waals surface area contributed by atoms with E-state index < -0.39 is 0 Å². The molecule has 1 heterocycles. The van der Waals surface area contributed by atoms with Gasteiger partial charge in [0.2, 0.25) is 11.8 Å². The molecule has 1 atom stereocenters. The zero-order valence-electron chi connectivity index (χ0n) is 12.0. The fraction of sp³-hybridized carbons (Fsp3) is 0.867. The van der Waals surface area contributed by atoms with E-state index in [0.29, 0.717) is 19.0 Å². The van der Waals surface area contributed by atoms with Crippen LogP contribution in [0.1, 0.15) is 58.3 Å². The lowest BCUT2D eigenvalue weighted by molar-refractivity contribution is -0.130. The highest BCUT2D eigenvalue weighted by atomic mass is 16.2. The third-order valence-electron chi connectivity index (χ3n) is 4.37. The molecular formula is C15H26N2O2. The Balaban J connectivity index is 1.76. The molecule has 1 saturated heterocycles. The van der Waals surface area contributed by atoms with Crippen LogP contribution in [-0.4, -0.2) is 35.8 Å². The molecule has 2 amide bonds. The third-order valence-corrected chi connectivity index (χ3v) is 4.37. The van der Waals surface area contributed by atoms with Gasteiger partial charge in [-0.05, 0) is 19.3 Å². The Hall–Kier alpha value is -1.06. The molecule has 19 heavy (non-hydrogen) atoms. The standard InChI is InChI=1S/C15H26N2O2/c1-2-3-6-9-16-15(19)12-10-14(18)17(11-12)13-7-4-5-8-13/h12-13H,2-11H2,1H3,(H,16,19)/t12-/m0/s1. The molecule has 0 aromatic heterocycles. The van der Waals surface area contributed by atoms with Crippen LogP contribution >= 0.6 is 0 Å².